The van der Waals surface area contributed by atoms with Gasteiger partial charge in [-0.15, -0.1) is 6.42 Å². The molecule has 1 amide bonds. The van der Waals surface area contributed by atoms with Crippen molar-refractivity contribution in [3.05, 3.63) is 63.4 Å². The standard InChI is InChI=1S/C18H10ClF3N2OS/c1-2-8-24-14-7-6-13(19)10-15(14)26-17(24)23-16(25)11-4-3-5-12(9-11)18(20,21)22/h1,3-7,9-10H,8H2. The number of hydrogen-bond acceptors (Lipinski definition) is 2. The van der Waals surface area contributed by atoms with Gasteiger partial charge >= 0.3 is 6.18 Å². The molecular formula is C18H10ClF3N2OS. The quantitative estimate of drug-likeness (QED) is 0.577. The van der Waals surface area contributed by atoms with Gasteiger partial charge in [-0.1, -0.05) is 34.9 Å². The maximum absolute atomic E-state index is 12.8. The predicted molar refractivity (Wildman–Crippen MR) is 95.0 cm³/mol. The molecule has 0 aliphatic rings. The van der Waals surface area contributed by atoms with E-state index in [1.54, 1.807) is 22.8 Å². The Morgan fingerprint density at radius 3 is 2.73 bits per heavy atom. The SMILES string of the molecule is C#CCn1c(=NC(=O)c2cccc(C(F)(F)F)c2)sc2cc(Cl)ccc21. The van der Waals surface area contributed by atoms with Gasteiger partial charge in [-0.05, 0) is 36.4 Å². The molecule has 0 saturated carbocycles. The fourth-order valence-corrected chi connectivity index (χ4v) is 3.66. The van der Waals surface area contributed by atoms with E-state index in [1.807, 2.05) is 0 Å². The molecule has 0 spiro atoms. The summed E-state index contributed by atoms with van der Waals surface area (Å²) in [5.41, 5.74) is -0.311. The summed E-state index contributed by atoms with van der Waals surface area (Å²) < 4.78 is 40.9. The van der Waals surface area contributed by atoms with Crippen molar-refractivity contribution < 1.29 is 18.0 Å². The highest BCUT2D eigenvalue weighted by molar-refractivity contribution is 7.16. The molecule has 3 rings (SSSR count). The van der Waals surface area contributed by atoms with E-state index in [2.05, 4.69) is 10.9 Å². The minimum absolute atomic E-state index is 0.150. The first kappa shape index (κ1) is 18.2. The third-order valence-electron chi connectivity index (χ3n) is 3.53. The number of amides is 1. The van der Waals surface area contributed by atoms with Crippen LogP contribution in [0.3, 0.4) is 0 Å². The number of carbonyl (C=O) groups excluding carboxylic acids is 1. The van der Waals surface area contributed by atoms with Crippen LogP contribution in [0.5, 0.6) is 0 Å². The first-order valence-electron chi connectivity index (χ1n) is 7.28. The van der Waals surface area contributed by atoms with Crippen LogP contribution in [0, 0.1) is 12.3 Å². The molecule has 8 heteroatoms. The second kappa shape index (κ2) is 6.98. The zero-order valence-electron chi connectivity index (χ0n) is 13.0. The fourth-order valence-electron chi connectivity index (χ4n) is 2.36. The van der Waals surface area contributed by atoms with E-state index >= 15 is 0 Å². The topological polar surface area (TPSA) is 34.4 Å². The minimum Gasteiger partial charge on any atom is -0.305 e. The van der Waals surface area contributed by atoms with Crippen molar-refractivity contribution in [3.8, 4) is 12.3 Å². The zero-order chi connectivity index (χ0) is 18.9. The van der Waals surface area contributed by atoms with Gasteiger partial charge < -0.3 is 4.57 Å². The van der Waals surface area contributed by atoms with Gasteiger partial charge in [-0.2, -0.15) is 18.2 Å². The highest BCUT2D eigenvalue weighted by atomic mass is 35.5. The van der Waals surface area contributed by atoms with Gasteiger partial charge in [0.05, 0.1) is 22.3 Å². The number of rotatable bonds is 2. The van der Waals surface area contributed by atoms with E-state index in [1.165, 1.54) is 23.5 Å². The van der Waals surface area contributed by atoms with Gasteiger partial charge in [-0.3, -0.25) is 4.79 Å². The summed E-state index contributed by atoms with van der Waals surface area (Å²) >= 11 is 7.16. The fraction of sp³-hybridized carbons (Fsp3) is 0.111. The van der Waals surface area contributed by atoms with Gasteiger partial charge in [0.2, 0.25) is 0 Å². The van der Waals surface area contributed by atoms with Crippen LogP contribution in [0.25, 0.3) is 10.2 Å². The van der Waals surface area contributed by atoms with E-state index in [9.17, 15) is 18.0 Å². The summed E-state index contributed by atoms with van der Waals surface area (Å²) in [7, 11) is 0. The van der Waals surface area contributed by atoms with Crippen molar-refractivity contribution >= 4 is 39.1 Å². The summed E-state index contributed by atoms with van der Waals surface area (Å²) in [5.74, 6) is 1.70. The maximum atomic E-state index is 12.8. The first-order valence-corrected chi connectivity index (χ1v) is 8.48. The monoisotopic (exact) mass is 394 g/mol. The Morgan fingerprint density at radius 2 is 2.04 bits per heavy atom. The van der Waals surface area contributed by atoms with Crippen LogP contribution in [0.15, 0.2) is 47.5 Å². The average Bonchev–Trinajstić information content (AvgIpc) is 2.91. The van der Waals surface area contributed by atoms with Crippen molar-refractivity contribution in [1.29, 1.82) is 0 Å². The number of fused-ring (bicyclic) bond motifs is 1. The third kappa shape index (κ3) is 3.66. The molecule has 0 saturated heterocycles. The zero-order valence-corrected chi connectivity index (χ0v) is 14.6. The summed E-state index contributed by atoms with van der Waals surface area (Å²) in [6.07, 6.45) is 0.842. The lowest BCUT2D eigenvalue weighted by atomic mass is 10.1. The molecule has 0 atom stereocenters. The van der Waals surface area contributed by atoms with Crippen LogP contribution in [-0.2, 0) is 12.7 Å². The van der Waals surface area contributed by atoms with E-state index < -0.39 is 17.6 Å². The Morgan fingerprint density at radius 1 is 1.27 bits per heavy atom. The van der Waals surface area contributed by atoms with Crippen LogP contribution in [0.2, 0.25) is 5.02 Å². The summed E-state index contributed by atoms with van der Waals surface area (Å²) in [6, 6.07) is 9.28. The van der Waals surface area contributed by atoms with E-state index in [0.29, 0.717) is 9.82 Å². The lowest BCUT2D eigenvalue weighted by Gasteiger charge is -2.06. The highest BCUT2D eigenvalue weighted by Gasteiger charge is 2.30. The second-order valence-corrected chi connectivity index (χ2v) is 6.73. The maximum Gasteiger partial charge on any atom is 0.416 e. The van der Waals surface area contributed by atoms with Crippen molar-refractivity contribution in [2.24, 2.45) is 4.99 Å². The molecule has 0 radical (unpaired) electrons. The number of alkyl halides is 3. The predicted octanol–water partition coefficient (Wildman–Crippen LogP) is 4.75. The molecule has 0 aliphatic heterocycles. The number of hydrogen-bond donors (Lipinski definition) is 0. The second-order valence-electron chi connectivity index (χ2n) is 5.28. The number of aromatic nitrogens is 1. The Labute approximate surface area is 155 Å². The molecule has 26 heavy (non-hydrogen) atoms. The van der Waals surface area contributed by atoms with Gasteiger partial charge in [0.25, 0.3) is 5.91 Å². The minimum atomic E-state index is -4.53. The van der Waals surface area contributed by atoms with Gasteiger partial charge in [0.15, 0.2) is 4.80 Å². The molecule has 2 aromatic carbocycles. The molecule has 1 aromatic heterocycles. The Hall–Kier alpha value is -2.56. The normalized spacial score (nSPS) is 12.3. The molecule has 0 fully saturated rings. The first-order chi connectivity index (χ1) is 12.3. The molecular weight excluding hydrogens is 385 g/mol. The van der Waals surface area contributed by atoms with E-state index in [-0.39, 0.29) is 12.1 Å². The number of halogens is 4. The number of terminal acetylenes is 1. The van der Waals surface area contributed by atoms with Gasteiger partial charge in [-0.25, -0.2) is 0 Å². The number of thiazole rings is 1. The van der Waals surface area contributed by atoms with Crippen LogP contribution in [0.1, 0.15) is 15.9 Å². The number of carbonyl (C=O) groups is 1. The van der Waals surface area contributed by atoms with Crippen LogP contribution in [0.4, 0.5) is 13.2 Å². The van der Waals surface area contributed by atoms with Crippen molar-refractivity contribution in [2.45, 2.75) is 12.7 Å². The molecule has 0 unspecified atom stereocenters. The van der Waals surface area contributed by atoms with Gasteiger partial charge in [0, 0.05) is 10.6 Å². The van der Waals surface area contributed by atoms with Crippen molar-refractivity contribution in [2.75, 3.05) is 0 Å². The molecule has 0 bridgehead atoms. The van der Waals surface area contributed by atoms with Crippen molar-refractivity contribution in [1.82, 2.24) is 4.57 Å². The van der Waals surface area contributed by atoms with E-state index in [4.69, 9.17) is 18.0 Å². The smallest absolute Gasteiger partial charge is 0.305 e. The molecule has 0 N–H and O–H groups in total. The Kier molecular flexibility index (Phi) is 4.90. The number of nitrogens with zero attached hydrogens (tertiary/aromatic N) is 2. The van der Waals surface area contributed by atoms with E-state index in [0.717, 1.165) is 22.3 Å². The van der Waals surface area contributed by atoms with Crippen LogP contribution >= 0.6 is 22.9 Å². The number of benzene rings is 2. The Bertz CT molecular complexity index is 1110. The van der Waals surface area contributed by atoms with Crippen LogP contribution in [-0.4, -0.2) is 10.5 Å². The largest absolute Gasteiger partial charge is 0.416 e. The summed E-state index contributed by atoms with van der Waals surface area (Å²) in [4.78, 5) is 16.6. The molecule has 132 valence electrons. The van der Waals surface area contributed by atoms with Gasteiger partial charge in [0.1, 0.15) is 0 Å². The third-order valence-corrected chi connectivity index (χ3v) is 4.80. The lowest BCUT2D eigenvalue weighted by Crippen LogP contribution is -2.16. The van der Waals surface area contributed by atoms with Crippen molar-refractivity contribution in [3.63, 3.8) is 0 Å². The summed E-state index contributed by atoms with van der Waals surface area (Å²) in [5, 5.41) is 0.516. The molecule has 3 aromatic rings. The Balaban J connectivity index is 2.11. The molecule has 3 nitrogen and oxygen atoms in total. The highest BCUT2D eigenvalue weighted by Crippen LogP contribution is 2.29. The average molecular weight is 395 g/mol. The molecule has 0 aliphatic carbocycles. The molecule has 1 heterocycles. The van der Waals surface area contributed by atoms with Crippen LogP contribution < -0.4 is 4.80 Å². The lowest BCUT2D eigenvalue weighted by molar-refractivity contribution is -0.137. The summed E-state index contributed by atoms with van der Waals surface area (Å²) in [6.45, 7) is 0.163.